The summed E-state index contributed by atoms with van der Waals surface area (Å²) in [7, 11) is 0. The Morgan fingerprint density at radius 2 is 2.23 bits per heavy atom. The summed E-state index contributed by atoms with van der Waals surface area (Å²) in [6.45, 7) is -5.64. The number of benzene rings is 1. The van der Waals surface area contributed by atoms with Gasteiger partial charge in [-0.25, -0.2) is 9.37 Å². The van der Waals surface area contributed by atoms with Crippen LogP contribution in [0, 0.1) is 12.7 Å². The van der Waals surface area contributed by atoms with E-state index >= 15 is 0 Å². The predicted octanol–water partition coefficient (Wildman–Crippen LogP) is 3.59. The molecule has 5 rings (SSSR count). The smallest absolute Gasteiger partial charge is 0.256 e. The molecule has 2 aliphatic rings. The Labute approximate surface area is 194 Å². The molecule has 3 aromatic rings. The first-order chi connectivity index (χ1) is 20.1. The molecular formula is C23H27FN4O2. The van der Waals surface area contributed by atoms with Gasteiger partial charge in [-0.1, -0.05) is 5.16 Å². The van der Waals surface area contributed by atoms with E-state index in [0.29, 0.717) is 31.6 Å². The molecular weight excluding hydrogens is 383 g/mol. The van der Waals surface area contributed by atoms with Crippen molar-refractivity contribution in [3.8, 4) is 0 Å². The van der Waals surface area contributed by atoms with Crippen LogP contribution in [0.25, 0.3) is 11.0 Å². The number of halogens is 1. The van der Waals surface area contributed by atoms with Crippen molar-refractivity contribution in [2.45, 2.75) is 57.6 Å². The molecule has 0 atom stereocenters. The zero-order valence-electron chi connectivity index (χ0n) is 29.8. The van der Waals surface area contributed by atoms with Gasteiger partial charge in [0, 0.05) is 63.1 Å². The molecule has 158 valence electrons. The summed E-state index contributed by atoms with van der Waals surface area (Å²) in [4.78, 5) is 19.3. The maximum atomic E-state index is 14.1. The van der Waals surface area contributed by atoms with Gasteiger partial charge >= 0.3 is 0 Å². The molecule has 30 heavy (non-hydrogen) atoms. The molecule has 1 fully saturated rings. The number of hydrogen-bond acceptors (Lipinski definition) is 5. The predicted molar refractivity (Wildman–Crippen MR) is 112 cm³/mol. The summed E-state index contributed by atoms with van der Waals surface area (Å²) in [5, 5.41) is 4.05. The zero-order valence-corrected chi connectivity index (χ0v) is 15.8. The standard InChI is InChI=1S/C23H27FN4O2/c1-15-18(23(29)28-10-3-2-4-21(28)25-15)9-13-27-11-7-16(8-12-27)22-19-6-5-17(24)14-20(19)30-26-22/h5-6,14,16H,2-4,7-13H2,1H3/i1D3,2D2,3D2,4D2,5D,6D,10D2,14D. The van der Waals surface area contributed by atoms with Crippen LogP contribution in [0.3, 0.4) is 0 Å². The summed E-state index contributed by atoms with van der Waals surface area (Å²) in [6.07, 6.45) is -9.82. The Bertz CT molecular complexity index is 1710. The van der Waals surface area contributed by atoms with E-state index in [4.69, 9.17) is 23.7 Å². The fourth-order valence-corrected chi connectivity index (χ4v) is 3.88. The molecule has 0 spiro atoms. The average molecular weight is 425 g/mol. The third-order valence-corrected chi connectivity index (χ3v) is 5.47. The van der Waals surface area contributed by atoms with E-state index in [2.05, 4.69) is 10.1 Å². The Morgan fingerprint density at radius 3 is 3.07 bits per heavy atom. The number of hydrogen-bond donors (Lipinski definition) is 0. The molecule has 0 aliphatic carbocycles. The summed E-state index contributed by atoms with van der Waals surface area (Å²) in [6, 6.07) is -1.83. The first-order valence-corrected chi connectivity index (χ1v) is 9.53. The van der Waals surface area contributed by atoms with Crippen LogP contribution in [0.1, 0.15) is 73.5 Å². The normalized spacial score (nSPS) is 32.0. The Morgan fingerprint density at radius 1 is 1.37 bits per heavy atom. The monoisotopic (exact) mass is 424 g/mol. The second kappa shape index (κ2) is 7.95. The van der Waals surface area contributed by atoms with Gasteiger partial charge < -0.3 is 9.42 Å². The summed E-state index contributed by atoms with van der Waals surface area (Å²) >= 11 is 0. The van der Waals surface area contributed by atoms with Crippen molar-refractivity contribution in [3.63, 3.8) is 0 Å². The van der Waals surface area contributed by atoms with Crippen molar-refractivity contribution in [1.82, 2.24) is 19.6 Å². The topological polar surface area (TPSA) is 64.2 Å². The van der Waals surface area contributed by atoms with Gasteiger partial charge in [0.05, 0.1) is 9.81 Å². The highest BCUT2D eigenvalue weighted by atomic mass is 19.1. The highest BCUT2D eigenvalue weighted by molar-refractivity contribution is 5.79. The summed E-state index contributed by atoms with van der Waals surface area (Å²) in [5.41, 5.74) is -2.50. The van der Waals surface area contributed by atoms with E-state index in [1.54, 1.807) is 0 Å². The minimum atomic E-state index is -3.54. The maximum Gasteiger partial charge on any atom is 0.256 e. The number of nitrogens with zero attached hydrogens (tertiary/aromatic N) is 4. The van der Waals surface area contributed by atoms with Gasteiger partial charge in [0.25, 0.3) is 5.56 Å². The Kier molecular flexibility index (Phi) is 2.46. The third kappa shape index (κ3) is 3.55. The largest absolute Gasteiger partial charge is 0.356 e. The van der Waals surface area contributed by atoms with E-state index in [1.807, 2.05) is 4.90 Å². The van der Waals surface area contributed by atoms with Gasteiger partial charge in [0.1, 0.15) is 11.6 Å². The van der Waals surface area contributed by atoms with Crippen LogP contribution in [0.15, 0.2) is 27.4 Å². The molecule has 0 unspecified atom stereocenters. The highest BCUT2D eigenvalue weighted by Gasteiger charge is 2.25. The minimum absolute atomic E-state index is 0.0812. The lowest BCUT2D eigenvalue weighted by Gasteiger charge is -2.31. The fourth-order valence-electron chi connectivity index (χ4n) is 3.88. The highest BCUT2D eigenvalue weighted by Crippen LogP contribution is 2.32. The molecule has 0 bridgehead atoms. The molecule has 4 heterocycles. The van der Waals surface area contributed by atoms with E-state index in [0.717, 1.165) is 0 Å². The molecule has 0 radical (unpaired) electrons. The molecule has 0 amide bonds. The zero-order chi connectivity index (χ0) is 32.9. The summed E-state index contributed by atoms with van der Waals surface area (Å²) < 4.78 is 132. The van der Waals surface area contributed by atoms with Gasteiger partial charge in [0.2, 0.25) is 0 Å². The number of aromatic nitrogens is 3. The van der Waals surface area contributed by atoms with Crippen molar-refractivity contribution >= 4 is 11.0 Å². The van der Waals surface area contributed by atoms with Gasteiger partial charge in [-0.3, -0.25) is 9.36 Å². The van der Waals surface area contributed by atoms with Crippen LogP contribution in [0.5, 0.6) is 0 Å². The molecule has 0 N–H and O–H groups in total. The molecule has 1 saturated heterocycles. The van der Waals surface area contributed by atoms with Crippen molar-refractivity contribution in [3.05, 3.63) is 57.1 Å². The van der Waals surface area contributed by atoms with Gasteiger partial charge in [0.15, 0.2) is 5.58 Å². The molecule has 6 nitrogen and oxygen atoms in total. The van der Waals surface area contributed by atoms with Crippen LogP contribution in [0.2, 0.25) is 0 Å². The second-order valence-electron chi connectivity index (χ2n) is 7.22. The van der Waals surface area contributed by atoms with Gasteiger partial charge in [-0.2, -0.15) is 0 Å². The van der Waals surface area contributed by atoms with Gasteiger partial charge in [-0.05, 0) is 64.0 Å². The average Bonchev–Trinajstić information content (AvgIpc) is 3.38. The molecule has 2 aromatic heterocycles. The van der Waals surface area contributed by atoms with E-state index in [9.17, 15) is 9.18 Å². The van der Waals surface area contributed by atoms with Crippen LogP contribution in [0.4, 0.5) is 4.39 Å². The van der Waals surface area contributed by atoms with Crippen molar-refractivity contribution in [1.29, 1.82) is 0 Å². The minimum Gasteiger partial charge on any atom is -0.356 e. The number of likely N-dealkylation sites (tertiary alicyclic amines) is 1. The number of aryl methyl sites for hydroxylation is 2. The quantitative estimate of drug-likeness (QED) is 0.640. The molecule has 7 heteroatoms. The first kappa shape index (κ1) is 9.30. The summed E-state index contributed by atoms with van der Waals surface area (Å²) in [5.74, 6) is -2.60. The lowest BCUT2D eigenvalue weighted by molar-refractivity contribution is 0.211. The van der Waals surface area contributed by atoms with E-state index in [-0.39, 0.29) is 34.4 Å². The van der Waals surface area contributed by atoms with Crippen LogP contribution in [-0.4, -0.2) is 39.2 Å². The van der Waals surface area contributed by atoms with Crippen molar-refractivity contribution in [2.75, 3.05) is 19.6 Å². The Hall–Kier alpha value is -2.54. The van der Waals surface area contributed by atoms with Crippen LogP contribution < -0.4 is 5.56 Å². The molecule has 0 saturated carbocycles. The fraction of sp³-hybridized carbons (Fsp3) is 0.522. The van der Waals surface area contributed by atoms with Crippen molar-refractivity contribution < 1.29 is 28.1 Å². The van der Waals surface area contributed by atoms with Crippen LogP contribution in [-0.2, 0) is 19.3 Å². The van der Waals surface area contributed by atoms with Gasteiger partial charge in [-0.15, -0.1) is 0 Å². The lowest BCUT2D eigenvalue weighted by Crippen LogP contribution is -2.37. The second-order valence-corrected chi connectivity index (χ2v) is 7.22. The van der Waals surface area contributed by atoms with Crippen molar-refractivity contribution in [2.24, 2.45) is 0 Å². The molecule has 1 aromatic carbocycles. The molecule has 2 aliphatic heterocycles. The van der Waals surface area contributed by atoms with E-state index in [1.165, 1.54) is 0 Å². The lowest BCUT2D eigenvalue weighted by atomic mass is 9.91. The Balaban J connectivity index is 1.44. The first-order valence-electron chi connectivity index (χ1n) is 16.5. The number of fused-ring (bicyclic) bond motifs is 2. The third-order valence-electron chi connectivity index (χ3n) is 5.47. The number of rotatable bonds is 4. The van der Waals surface area contributed by atoms with Crippen LogP contribution >= 0.6 is 0 Å². The SMILES string of the molecule is [2H]c1c(F)c([2H])c2onc(C3CCN(CCc4c(C([2H])([2H])[2H])nc5n(c4=O)C([2H])([2H])C([2H])([2H])C([2H])([2H])C5([2H])[2H])CC3)c2c1[2H]. The number of piperidine rings is 1. The maximum absolute atomic E-state index is 14.1. The van der Waals surface area contributed by atoms with E-state index < -0.39 is 79.1 Å².